The van der Waals surface area contributed by atoms with Crippen LogP contribution in [0.2, 0.25) is 0 Å². The molecule has 2 fully saturated rings. The van der Waals surface area contributed by atoms with E-state index in [4.69, 9.17) is 0 Å². The number of hydrogen-bond donors (Lipinski definition) is 1. The van der Waals surface area contributed by atoms with E-state index in [9.17, 15) is 4.79 Å². The van der Waals surface area contributed by atoms with Crippen LogP contribution in [-0.4, -0.2) is 41.5 Å². The number of carbonyl (C=O) groups excluding carboxylic acids is 1. The van der Waals surface area contributed by atoms with Gasteiger partial charge in [0.05, 0.1) is 0 Å². The smallest absolute Gasteiger partial charge is 0.243 e. The molecule has 0 bridgehead atoms. The Morgan fingerprint density at radius 3 is 2.71 bits per heavy atom. The first-order valence-electron chi connectivity index (χ1n) is 10.5. The van der Waals surface area contributed by atoms with Gasteiger partial charge in [-0.1, -0.05) is 37.1 Å². The second-order valence-electron chi connectivity index (χ2n) is 7.89. The summed E-state index contributed by atoms with van der Waals surface area (Å²) < 4.78 is 0. The minimum Gasteiger partial charge on any atom is -0.350 e. The third kappa shape index (κ3) is 4.92. The molecule has 0 spiro atoms. The summed E-state index contributed by atoms with van der Waals surface area (Å²) in [6, 6.07) is 8.59. The van der Waals surface area contributed by atoms with Gasteiger partial charge >= 0.3 is 0 Å². The molecule has 5 nitrogen and oxygen atoms in total. The third-order valence-electron chi connectivity index (χ3n) is 5.78. The van der Waals surface area contributed by atoms with Gasteiger partial charge in [0, 0.05) is 31.2 Å². The quantitative estimate of drug-likeness (QED) is 0.804. The highest BCUT2D eigenvalue weighted by molar-refractivity contribution is 7.13. The van der Waals surface area contributed by atoms with Crippen molar-refractivity contribution in [3.8, 4) is 0 Å². The summed E-state index contributed by atoms with van der Waals surface area (Å²) in [4.78, 5) is 21.9. The summed E-state index contributed by atoms with van der Waals surface area (Å²) in [5.41, 5.74) is 2.53. The average molecular weight is 399 g/mol. The number of carbonyl (C=O) groups is 1. The van der Waals surface area contributed by atoms with Crippen LogP contribution in [0.4, 0.5) is 5.13 Å². The fourth-order valence-corrected chi connectivity index (χ4v) is 5.04. The van der Waals surface area contributed by atoms with Gasteiger partial charge in [-0.25, -0.2) is 4.98 Å². The summed E-state index contributed by atoms with van der Waals surface area (Å²) >= 11 is 1.61. The molecular formula is C22H30N4OS. The van der Waals surface area contributed by atoms with Gasteiger partial charge in [-0.05, 0) is 49.9 Å². The van der Waals surface area contributed by atoms with Crippen LogP contribution in [0.1, 0.15) is 49.7 Å². The van der Waals surface area contributed by atoms with Gasteiger partial charge in [0.25, 0.3) is 0 Å². The van der Waals surface area contributed by atoms with E-state index in [1.165, 1.54) is 49.9 Å². The summed E-state index contributed by atoms with van der Waals surface area (Å²) in [7, 11) is 0. The van der Waals surface area contributed by atoms with Crippen molar-refractivity contribution in [1.82, 2.24) is 15.2 Å². The molecule has 3 heterocycles. The van der Waals surface area contributed by atoms with Crippen LogP contribution < -0.4 is 10.2 Å². The summed E-state index contributed by atoms with van der Waals surface area (Å²) in [6.07, 6.45) is 9.11. The molecule has 1 aromatic carbocycles. The molecule has 0 radical (unpaired) electrons. The maximum atomic E-state index is 12.8. The molecule has 2 aliphatic rings. The molecular weight excluding hydrogens is 368 g/mol. The topological polar surface area (TPSA) is 48.5 Å². The Hall–Kier alpha value is -1.92. The lowest BCUT2D eigenvalue weighted by molar-refractivity contribution is -0.122. The Balaban J connectivity index is 1.32. The van der Waals surface area contributed by atoms with Gasteiger partial charge in [0.1, 0.15) is 6.04 Å². The molecule has 2 saturated heterocycles. The van der Waals surface area contributed by atoms with Crippen molar-refractivity contribution in [1.29, 1.82) is 0 Å². The van der Waals surface area contributed by atoms with Gasteiger partial charge in [-0.3, -0.25) is 9.69 Å². The van der Waals surface area contributed by atoms with Gasteiger partial charge in [0.15, 0.2) is 5.13 Å². The number of benzene rings is 1. The van der Waals surface area contributed by atoms with Crippen molar-refractivity contribution < 1.29 is 4.79 Å². The third-order valence-corrected chi connectivity index (χ3v) is 6.59. The number of nitrogens with one attached hydrogen (secondary N) is 1. The molecule has 1 amide bonds. The fraction of sp³-hybridized carbons (Fsp3) is 0.545. The highest BCUT2D eigenvalue weighted by Crippen LogP contribution is 2.27. The van der Waals surface area contributed by atoms with Crippen LogP contribution in [0.3, 0.4) is 0 Å². The normalized spacial score (nSPS) is 20.9. The van der Waals surface area contributed by atoms with Crippen molar-refractivity contribution in [3.63, 3.8) is 0 Å². The van der Waals surface area contributed by atoms with Crippen LogP contribution in [0.5, 0.6) is 0 Å². The van der Waals surface area contributed by atoms with E-state index in [2.05, 4.69) is 44.4 Å². The lowest BCUT2D eigenvalue weighted by atomic mass is 10.1. The minimum atomic E-state index is -0.0913. The van der Waals surface area contributed by atoms with Crippen LogP contribution in [0, 0.1) is 0 Å². The van der Waals surface area contributed by atoms with Crippen molar-refractivity contribution in [3.05, 3.63) is 47.0 Å². The number of nitrogens with zero attached hydrogens (tertiary/aromatic N) is 3. The standard InChI is InChI=1S/C22H30N4OS/c27-21(20-9-6-13-26(20)22-23-10-14-28-22)24-16-18-7-5-8-19(15-18)17-25-11-3-1-2-4-12-25/h5,7-8,10,14-15,20H,1-4,6,9,11-13,16-17H2,(H,24,27). The number of hydrogen-bond acceptors (Lipinski definition) is 5. The first kappa shape index (κ1) is 19.4. The van der Waals surface area contributed by atoms with E-state index in [1.54, 1.807) is 11.3 Å². The second-order valence-corrected chi connectivity index (χ2v) is 8.77. The highest BCUT2D eigenvalue weighted by atomic mass is 32.1. The van der Waals surface area contributed by atoms with Gasteiger partial charge < -0.3 is 10.2 Å². The zero-order valence-corrected chi connectivity index (χ0v) is 17.3. The lowest BCUT2D eigenvalue weighted by Crippen LogP contribution is -2.43. The van der Waals surface area contributed by atoms with Crippen LogP contribution >= 0.6 is 11.3 Å². The Kier molecular flexibility index (Phi) is 6.60. The monoisotopic (exact) mass is 398 g/mol. The highest BCUT2D eigenvalue weighted by Gasteiger charge is 2.31. The molecule has 2 aromatic rings. The molecule has 1 N–H and O–H groups in total. The van der Waals surface area contributed by atoms with Gasteiger partial charge in [0.2, 0.25) is 5.91 Å². The largest absolute Gasteiger partial charge is 0.350 e. The summed E-state index contributed by atoms with van der Waals surface area (Å²) in [5, 5.41) is 6.08. The summed E-state index contributed by atoms with van der Waals surface area (Å²) in [5.74, 6) is 0.116. The van der Waals surface area contributed by atoms with Crippen molar-refractivity contribution in [2.45, 2.75) is 57.7 Å². The second kappa shape index (κ2) is 9.52. The molecule has 6 heteroatoms. The number of rotatable bonds is 6. The van der Waals surface area contributed by atoms with E-state index >= 15 is 0 Å². The minimum absolute atomic E-state index is 0.0913. The van der Waals surface area contributed by atoms with E-state index in [0.29, 0.717) is 6.54 Å². The number of likely N-dealkylation sites (tertiary alicyclic amines) is 1. The molecule has 1 aromatic heterocycles. The number of amides is 1. The molecule has 0 aliphatic carbocycles. The van der Waals surface area contributed by atoms with Crippen molar-refractivity contribution in [2.75, 3.05) is 24.5 Å². The van der Waals surface area contributed by atoms with E-state index in [1.807, 2.05) is 11.6 Å². The maximum absolute atomic E-state index is 12.8. The predicted octanol–water partition coefficient (Wildman–Crippen LogP) is 3.80. The Morgan fingerprint density at radius 2 is 1.93 bits per heavy atom. The zero-order valence-electron chi connectivity index (χ0n) is 16.5. The van der Waals surface area contributed by atoms with Gasteiger partial charge in [-0.2, -0.15) is 0 Å². The van der Waals surface area contributed by atoms with Crippen LogP contribution in [0.15, 0.2) is 35.8 Å². The maximum Gasteiger partial charge on any atom is 0.243 e. The van der Waals surface area contributed by atoms with Crippen LogP contribution in [-0.2, 0) is 17.9 Å². The number of thiazole rings is 1. The SMILES string of the molecule is O=C(NCc1cccc(CN2CCCCCC2)c1)C1CCCN1c1nccs1. The summed E-state index contributed by atoms with van der Waals surface area (Å²) in [6.45, 7) is 4.93. The Morgan fingerprint density at radius 1 is 1.11 bits per heavy atom. The molecule has 1 unspecified atom stereocenters. The average Bonchev–Trinajstić information content (AvgIpc) is 3.35. The van der Waals surface area contributed by atoms with Crippen LogP contribution in [0.25, 0.3) is 0 Å². The van der Waals surface area contributed by atoms with Gasteiger partial charge in [-0.15, -0.1) is 11.3 Å². The zero-order chi connectivity index (χ0) is 19.2. The molecule has 1 atom stereocenters. The molecule has 2 aliphatic heterocycles. The van der Waals surface area contributed by atoms with Crippen molar-refractivity contribution in [2.24, 2.45) is 0 Å². The molecule has 0 saturated carbocycles. The first-order valence-corrected chi connectivity index (χ1v) is 11.4. The Bertz CT molecular complexity index is 756. The molecule has 150 valence electrons. The van der Waals surface area contributed by atoms with E-state index < -0.39 is 0 Å². The predicted molar refractivity (Wildman–Crippen MR) is 115 cm³/mol. The van der Waals surface area contributed by atoms with E-state index in [-0.39, 0.29) is 11.9 Å². The fourth-order valence-electron chi connectivity index (χ4n) is 4.32. The van der Waals surface area contributed by atoms with Crippen molar-refractivity contribution >= 4 is 22.4 Å². The molecule has 28 heavy (non-hydrogen) atoms. The Labute approximate surface area is 171 Å². The first-order chi connectivity index (χ1) is 13.8. The lowest BCUT2D eigenvalue weighted by Gasteiger charge is -2.23. The van der Waals surface area contributed by atoms with E-state index in [0.717, 1.165) is 31.1 Å². The molecule has 4 rings (SSSR count). The number of aromatic nitrogens is 1. The number of anilines is 1.